The zero-order chi connectivity index (χ0) is 15.9. The molecule has 2 heteroatoms. The first kappa shape index (κ1) is 15.7. The molecule has 0 aliphatic rings. The number of aliphatic hydroxyl groups is 1. The Balaban J connectivity index is 1.80. The predicted octanol–water partition coefficient (Wildman–Crippen LogP) is 5.67. The van der Waals surface area contributed by atoms with Crippen LogP contribution in [0, 0.1) is 0 Å². The van der Waals surface area contributed by atoms with E-state index in [2.05, 4.69) is 36.4 Å². The van der Waals surface area contributed by atoms with E-state index in [-0.39, 0.29) is 5.92 Å². The molecular formula is C21H20OS. The van der Waals surface area contributed by atoms with Gasteiger partial charge in [0.2, 0.25) is 0 Å². The van der Waals surface area contributed by atoms with Gasteiger partial charge in [0.25, 0.3) is 0 Å². The molecular weight excluding hydrogens is 300 g/mol. The molecule has 1 heterocycles. The van der Waals surface area contributed by atoms with Crippen molar-refractivity contribution in [3.63, 3.8) is 0 Å². The molecule has 2 atom stereocenters. The number of aliphatic hydroxyl groups excluding tert-OH is 1. The SMILES string of the molecule is O[C@@H](c1cccs1)[C@@H](C/C=C/c1ccccc1)c1ccccc1. The second-order valence-electron chi connectivity index (χ2n) is 5.53. The molecule has 0 fully saturated rings. The Labute approximate surface area is 141 Å². The molecule has 1 N–H and O–H groups in total. The molecule has 0 saturated heterocycles. The third-order valence-corrected chi connectivity index (χ3v) is 4.89. The maximum absolute atomic E-state index is 10.8. The van der Waals surface area contributed by atoms with Gasteiger partial charge in [-0.3, -0.25) is 0 Å². The summed E-state index contributed by atoms with van der Waals surface area (Å²) in [4.78, 5) is 1.02. The van der Waals surface area contributed by atoms with E-state index < -0.39 is 6.10 Å². The van der Waals surface area contributed by atoms with Crippen LogP contribution >= 0.6 is 11.3 Å². The average Bonchev–Trinajstić information content (AvgIpc) is 3.15. The standard InChI is InChI=1S/C21H20OS/c22-21(20-15-8-16-23-20)19(18-12-5-2-6-13-18)14-7-11-17-9-3-1-4-10-17/h1-13,15-16,19,21-22H,14H2/b11-7+/t19-,21+/m0/s1. The first-order valence-electron chi connectivity index (χ1n) is 7.82. The predicted molar refractivity (Wildman–Crippen MR) is 98.6 cm³/mol. The highest BCUT2D eigenvalue weighted by molar-refractivity contribution is 7.10. The van der Waals surface area contributed by atoms with Gasteiger partial charge in [-0.25, -0.2) is 0 Å². The van der Waals surface area contributed by atoms with Gasteiger partial charge in [0, 0.05) is 10.8 Å². The fourth-order valence-electron chi connectivity index (χ4n) is 2.72. The van der Waals surface area contributed by atoms with Crippen LogP contribution in [-0.4, -0.2) is 5.11 Å². The van der Waals surface area contributed by atoms with E-state index >= 15 is 0 Å². The van der Waals surface area contributed by atoms with E-state index in [9.17, 15) is 5.11 Å². The van der Waals surface area contributed by atoms with Gasteiger partial charge in [-0.1, -0.05) is 78.9 Å². The lowest BCUT2D eigenvalue weighted by Crippen LogP contribution is -2.09. The topological polar surface area (TPSA) is 20.2 Å². The Morgan fingerprint density at radius 2 is 1.57 bits per heavy atom. The number of thiophene rings is 1. The second-order valence-corrected chi connectivity index (χ2v) is 6.51. The zero-order valence-electron chi connectivity index (χ0n) is 12.9. The van der Waals surface area contributed by atoms with Crippen LogP contribution in [0.15, 0.2) is 84.3 Å². The fraction of sp³-hybridized carbons (Fsp3) is 0.143. The molecule has 1 nitrogen and oxygen atoms in total. The molecule has 3 rings (SSSR count). The highest BCUT2D eigenvalue weighted by Crippen LogP contribution is 2.36. The number of allylic oxidation sites excluding steroid dienone is 1. The van der Waals surface area contributed by atoms with Gasteiger partial charge in [-0.2, -0.15) is 0 Å². The number of hydrogen-bond donors (Lipinski definition) is 1. The van der Waals surface area contributed by atoms with Crippen molar-refractivity contribution in [3.8, 4) is 0 Å². The minimum Gasteiger partial charge on any atom is -0.387 e. The van der Waals surface area contributed by atoms with E-state index in [4.69, 9.17) is 0 Å². The van der Waals surface area contributed by atoms with Gasteiger partial charge < -0.3 is 5.11 Å². The van der Waals surface area contributed by atoms with Crippen molar-refractivity contribution < 1.29 is 5.11 Å². The molecule has 0 unspecified atom stereocenters. The van der Waals surface area contributed by atoms with Crippen molar-refractivity contribution in [2.45, 2.75) is 18.4 Å². The summed E-state index contributed by atoms with van der Waals surface area (Å²) in [5.41, 5.74) is 2.36. The molecule has 116 valence electrons. The molecule has 0 aliphatic carbocycles. The van der Waals surface area contributed by atoms with E-state index in [1.807, 2.05) is 53.9 Å². The van der Waals surface area contributed by atoms with Gasteiger partial charge in [0.05, 0.1) is 6.10 Å². The summed E-state index contributed by atoms with van der Waals surface area (Å²) in [7, 11) is 0. The van der Waals surface area contributed by atoms with Crippen LogP contribution in [0.25, 0.3) is 6.08 Å². The van der Waals surface area contributed by atoms with Crippen LogP contribution in [0.3, 0.4) is 0 Å². The summed E-state index contributed by atoms with van der Waals surface area (Å²) in [5.74, 6) is 0.0646. The monoisotopic (exact) mass is 320 g/mol. The summed E-state index contributed by atoms with van der Waals surface area (Å²) >= 11 is 1.61. The van der Waals surface area contributed by atoms with Gasteiger partial charge >= 0.3 is 0 Å². The average molecular weight is 320 g/mol. The number of rotatable bonds is 6. The fourth-order valence-corrected chi connectivity index (χ4v) is 3.50. The Morgan fingerprint density at radius 1 is 0.870 bits per heavy atom. The zero-order valence-corrected chi connectivity index (χ0v) is 13.7. The highest BCUT2D eigenvalue weighted by Gasteiger charge is 2.22. The quantitative estimate of drug-likeness (QED) is 0.620. The summed E-state index contributed by atoms with van der Waals surface area (Å²) < 4.78 is 0. The summed E-state index contributed by atoms with van der Waals surface area (Å²) in [6.07, 6.45) is 4.61. The van der Waals surface area contributed by atoms with E-state index in [1.165, 1.54) is 11.1 Å². The molecule has 3 aromatic rings. The lowest BCUT2D eigenvalue weighted by molar-refractivity contribution is 0.149. The molecule has 0 aliphatic heterocycles. The lowest BCUT2D eigenvalue weighted by atomic mass is 9.89. The molecule has 0 spiro atoms. The molecule has 23 heavy (non-hydrogen) atoms. The normalized spacial score (nSPS) is 14.0. The van der Waals surface area contributed by atoms with Crippen molar-refractivity contribution in [3.05, 3.63) is 100 Å². The van der Waals surface area contributed by atoms with Crippen LogP contribution in [0.1, 0.15) is 34.4 Å². The Morgan fingerprint density at radius 3 is 2.22 bits per heavy atom. The molecule has 0 bridgehead atoms. The van der Waals surface area contributed by atoms with Crippen molar-refractivity contribution in [2.24, 2.45) is 0 Å². The van der Waals surface area contributed by atoms with Crippen molar-refractivity contribution in [1.82, 2.24) is 0 Å². The number of benzene rings is 2. The highest BCUT2D eigenvalue weighted by atomic mass is 32.1. The summed E-state index contributed by atoms with van der Waals surface area (Å²) in [5, 5.41) is 12.8. The third kappa shape index (κ3) is 4.19. The second kappa shape index (κ2) is 7.91. The van der Waals surface area contributed by atoms with E-state index in [0.29, 0.717) is 0 Å². The molecule has 0 amide bonds. The molecule has 0 radical (unpaired) electrons. The molecule has 1 aromatic heterocycles. The minimum absolute atomic E-state index is 0.0646. The largest absolute Gasteiger partial charge is 0.387 e. The lowest BCUT2D eigenvalue weighted by Gasteiger charge is -2.21. The Kier molecular flexibility index (Phi) is 5.41. The van der Waals surface area contributed by atoms with E-state index in [1.54, 1.807) is 11.3 Å². The van der Waals surface area contributed by atoms with Crippen LogP contribution < -0.4 is 0 Å². The first-order valence-corrected chi connectivity index (χ1v) is 8.70. The Hall–Kier alpha value is -2.16. The number of hydrogen-bond acceptors (Lipinski definition) is 2. The van der Waals surface area contributed by atoms with Gasteiger partial charge in [0.1, 0.15) is 0 Å². The van der Waals surface area contributed by atoms with Crippen molar-refractivity contribution in [2.75, 3.05) is 0 Å². The minimum atomic E-state index is -0.474. The van der Waals surface area contributed by atoms with Gasteiger partial charge in [-0.15, -0.1) is 11.3 Å². The first-order chi connectivity index (χ1) is 11.3. The van der Waals surface area contributed by atoms with Gasteiger partial charge in [0.15, 0.2) is 0 Å². The maximum atomic E-state index is 10.8. The molecule has 2 aromatic carbocycles. The smallest absolute Gasteiger partial charge is 0.0953 e. The van der Waals surface area contributed by atoms with Crippen molar-refractivity contribution in [1.29, 1.82) is 0 Å². The van der Waals surface area contributed by atoms with Gasteiger partial charge in [-0.05, 0) is 29.0 Å². The maximum Gasteiger partial charge on any atom is 0.0953 e. The third-order valence-electron chi connectivity index (χ3n) is 3.94. The van der Waals surface area contributed by atoms with E-state index in [0.717, 1.165) is 11.3 Å². The Bertz CT molecular complexity index is 717. The van der Waals surface area contributed by atoms with Crippen LogP contribution in [-0.2, 0) is 0 Å². The van der Waals surface area contributed by atoms with Crippen LogP contribution in [0.5, 0.6) is 0 Å². The summed E-state index contributed by atoms with van der Waals surface area (Å²) in [6.45, 7) is 0. The summed E-state index contributed by atoms with van der Waals surface area (Å²) in [6, 6.07) is 24.5. The van der Waals surface area contributed by atoms with Crippen LogP contribution in [0.2, 0.25) is 0 Å². The van der Waals surface area contributed by atoms with Crippen molar-refractivity contribution >= 4 is 17.4 Å². The molecule has 0 saturated carbocycles. The van der Waals surface area contributed by atoms with Crippen LogP contribution in [0.4, 0.5) is 0 Å².